The van der Waals surface area contributed by atoms with Gasteiger partial charge in [0, 0.05) is 26.2 Å². The Morgan fingerprint density at radius 3 is 2.86 bits per heavy atom. The molecule has 1 fully saturated rings. The third-order valence-electron chi connectivity index (χ3n) is 3.72. The largest absolute Gasteiger partial charge is 0.444 e. The maximum atomic E-state index is 12.3. The lowest BCUT2D eigenvalue weighted by molar-refractivity contribution is 0.00991. The van der Waals surface area contributed by atoms with E-state index in [4.69, 9.17) is 4.74 Å². The number of hydrogen-bond acceptors (Lipinski definition) is 5. The average Bonchev–Trinajstić information content (AvgIpc) is 2.83. The topological polar surface area (TPSA) is 72.3 Å². The first-order valence-corrected chi connectivity index (χ1v) is 7.90. The van der Waals surface area contributed by atoms with E-state index in [-0.39, 0.29) is 12.1 Å². The fraction of sp³-hybridized carbons (Fsp3) is 0.800. The van der Waals surface area contributed by atoms with Crippen molar-refractivity contribution in [1.29, 1.82) is 0 Å². The van der Waals surface area contributed by atoms with Crippen LogP contribution in [0.1, 0.15) is 45.9 Å². The molecule has 0 spiro atoms. The number of amides is 1. The number of carbonyl (C=O) groups excluding carboxylic acids is 1. The van der Waals surface area contributed by atoms with E-state index >= 15 is 0 Å². The molecule has 0 radical (unpaired) electrons. The van der Waals surface area contributed by atoms with Crippen LogP contribution in [0.3, 0.4) is 0 Å². The molecule has 124 valence electrons. The van der Waals surface area contributed by atoms with Crippen molar-refractivity contribution in [3.63, 3.8) is 0 Å². The van der Waals surface area contributed by atoms with Gasteiger partial charge in [0.2, 0.25) is 0 Å². The van der Waals surface area contributed by atoms with Crippen LogP contribution in [0.2, 0.25) is 0 Å². The number of aromatic nitrogens is 3. The first-order chi connectivity index (χ1) is 10.4. The molecule has 1 aliphatic rings. The molecule has 0 saturated carbocycles. The highest BCUT2D eigenvalue weighted by atomic mass is 16.6. The Labute approximate surface area is 132 Å². The van der Waals surface area contributed by atoms with Gasteiger partial charge in [-0.15, -0.1) is 10.2 Å². The van der Waals surface area contributed by atoms with Gasteiger partial charge in [0.15, 0.2) is 0 Å². The Morgan fingerprint density at radius 2 is 2.23 bits per heavy atom. The highest BCUT2D eigenvalue weighted by molar-refractivity contribution is 5.68. The van der Waals surface area contributed by atoms with Crippen LogP contribution in [0, 0.1) is 0 Å². The monoisotopic (exact) mass is 309 g/mol. The van der Waals surface area contributed by atoms with Crippen LogP contribution < -0.4 is 5.32 Å². The third-order valence-corrected chi connectivity index (χ3v) is 3.72. The molecule has 1 amide bonds. The molecule has 1 unspecified atom stereocenters. The van der Waals surface area contributed by atoms with E-state index in [2.05, 4.69) is 15.5 Å². The third kappa shape index (κ3) is 4.69. The summed E-state index contributed by atoms with van der Waals surface area (Å²) in [4.78, 5) is 14.2. The maximum Gasteiger partial charge on any atom is 0.410 e. The van der Waals surface area contributed by atoms with Crippen molar-refractivity contribution in [2.75, 3.05) is 13.1 Å². The van der Waals surface area contributed by atoms with Crippen LogP contribution in [0.25, 0.3) is 0 Å². The number of aryl methyl sites for hydroxylation is 1. The molecule has 1 aliphatic heterocycles. The predicted octanol–water partition coefficient (Wildman–Crippen LogP) is 1.69. The molecule has 2 heterocycles. The SMILES string of the molecule is Cn1cnnc1CNCC1CCCCN1C(=O)OC(C)(C)C. The molecule has 1 N–H and O–H groups in total. The van der Waals surface area contributed by atoms with Crippen molar-refractivity contribution in [3.8, 4) is 0 Å². The molecule has 1 saturated heterocycles. The molecular weight excluding hydrogens is 282 g/mol. The van der Waals surface area contributed by atoms with Crippen LogP contribution in [-0.4, -0.2) is 50.5 Å². The van der Waals surface area contributed by atoms with Crippen molar-refractivity contribution in [1.82, 2.24) is 25.0 Å². The van der Waals surface area contributed by atoms with E-state index in [1.54, 1.807) is 6.33 Å². The quantitative estimate of drug-likeness (QED) is 0.916. The lowest BCUT2D eigenvalue weighted by Gasteiger charge is -2.36. The van der Waals surface area contributed by atoms with Crippen molar-refractivity contribution in [2.45, 2.75) is 58.2 Å². The molecule has 7 heteroatoms. The summed E-state index contributed by atoms with van der Waals surface area (Å²) in [7, 11) is 1.92. The summed E-state index contributed by atoms with van der Waals surface area (Å²) in [5.41, 5.74) is -0.453. The molecule has 0 aliphatic carbocycles. The van der Waals surface area contributed by atoms with Crippen LogP contribution in [-0.2, 0) is 18.3 Å². The van der Waals surface area contributed by atoms with E-state index in [1.807, 2.05) is 37.3 Å². The lowest BCUT2D eigenvalue weighted by Crippen LogP contribution is -2.50. The van der Waals surface area contributed by atoms with Gasteiger partial charge in [0.05, 0.1) is 6.54 Å². The van der Waals surface area contributed by atoms with E-state index in [1.165, 1.54) is 0 Å². The summed E-state index contributed by atoms with van der Waals surface area (Å²) in [6, 6.07) is 0.178. The molecule has 2 rings (SSSR count). The number of nitrogens with one attached hydrogen (secondary N) is 1. The summed E-state index contributed by atoms with van der Waals surface area (Å²) >= 11 is 0. The first kappa shape index (κ1) is 16.7. The number of piperidine rings is 1. The predicted molar refractivity (Wildman–Crippen MR) is 83.3 cm³/mol. The van der Waals surface area contributed by atoms with Crippen LogP contribution in [0.15, 0.2) is 6.33 Å². The minimum absolute atomic E-state index is 0.178. The molecule has 7 nitrogen and oxygen atoms in total. The van der Waals surface area contributed by atoms with Gasteiger partial charge in [-0.2, -0.15) is 0 Å². The molecule has 1 aromatic rings. The second-order valence-electron chi connectivity index (χ2n) is 6.81. The maximum absolute atomic E-state index is 12.3. The summed E-state index contributed by atoms with van der Waals surface area (Å²) < 4.78 is 7.40. The minimum Gasteiger partial charge on any atom is -0.444 e. The zero-order chi connectivity index (χ0) is 16.2. The van der Waals surface area contributed by atoms with Crippen molar-refractivity contribution < 1.29 is 9.53 Å². The Balaban J connectivity index is 1.87. The average molecular weight is 309 g/mol. The number of ether oxygens (including phenoxy) is 1. The first-order valence-electron chi connectivity index (χ1n) is 7.90. The van der Waals surface area contributed by atoms with Crippen molar-refractivity contribution in [2.24, 2.45) is 7.05 Å². The summed E-state index contributed by atoms with van der Waals surface area (Å²) in [5, 5.41) is 11.3. The van der Waals surface area contributed by atoms with Gasteiger partial charge >= 0.3 is 6.09 Å². The Bertz CT molecular complexity index is 494. The van der Waals surface area contributed by atoms with Gasteiger partial charge < -0.3 is 19.5 Å². The number of carbonyl (C=O) groups is 1. The van der Waals surface area contributed by atoms with Gasteiger partial charge in [0.1, 0.15) is 17.8 Å². The van der Waals surface area contributed by atoms with Gasteiger partial charge in [-0.05, 0) is 40.0 Å². The van der Waals surface area contributed by atoms with Crippen LogP contribution in [0.4, 0.5) is 4.79 Å². The second kappa shape index (κ2) is 7.09. The summed E-state index contributed by atoms with van der Waals surface area (Å²) in [6.07, 6.45) is 4.67. The molecular formula is C15H27N5O2. The normalized spacial score (nSPS) is 19.3. The summed E-state index contributed by atoms with van der Waals surface area (Å²) in [6.45, 7) is 7.86. The van der Waals surface area contributed by atoms with E-state index in [0.29, 0.717) is 6.54 Å². The molecule has 1 atom stereocenters. The Hall–Kier alpha value is -1.63. The summed E-state index contributed by atoms with van der Waals surface area (Å²) in [5.74, 6) is 0.889. The lowest BCUT2D eigenvalue weighted by atomic mass is 10.0. The zero-order valence-corrected chi connectivity index (χ0v) is 14.0. The van der Waals surface area contributed by atoms with Gasteiger partial charge in [-0.25, -0.2) is 4.79 Å². The van der Waals surface area contributed by atoms with E-state index in [0.717, 1.165) is 38.2 Å². The number of rotatable bonds is 4. The van der Waals surface area contributed by atoms with E-state index in [9.17, 15) is 4.79 Å². The Morgan fingerprint density at radius 1 is 1.45 bits per heavy atom. The molecule has 1 aromatic heterocycles. The number of likely N-dealkylation sites (tertiary alicyclic amines) is 1. The number of hydrogen-bond donors (Lipinski definition) is 1. The standard InChI is InChI=1S/C15H27N5O2/c1-15(2,3)22-14(21)20-8-6-5-7-12(20)9-16-10-13-18-17-11-19(13)4/h11-12,16H,5-10H2,1-4H3. The van der Waals surface area contributed by atoms with Crippen molar-refractivity contribution in [3.05, 3.63) is 12.2 Å². The molecule has 0 aromatic carbocycles. The second-order valence-corrected chi connectivity index (χ2v) is 6.81. The fourth-order valence-electron chi connectivity index (χ4n) is 2.59. The zero-order valence-electron chi connectivity index (χ0n) is 14.0. The fourth-order valence-corrected chi connectivity index (χ4v) is 2.59. The van der Waals surface area contributed by atoms with Gasteiger partial charge in [-0.3, -0.25) is 0 Å². The highest BCUT2D eigenvalue weighted by Crippen LogP contribution is 2.20. The van der Waals surface area contributed by atoms with Crippen molar-refractivity contribution >= 4 is 6.09 Å². The van der Waals surface area contributed by atoms with Crippen LogP contribution in [0.5, 0.6) is 0 Å². The smallest absolute Gasteiger partial charge is 0.410 e. The Kier molecular flexibility index (Phi) is 5.39. The molecule has 0 bridgehead atoms. The van der Waals surface area contributed by atoms with E-state index < -0.39 is 5.60 Å². The van der Waals surface area contributed by atoms with Crippen LogP contribution >= 0.6 is 0 Å². The number of nitrogens with zero attached hydrogens (tertiary/aromatic N) is 4. The van der Waals surface area contributed by atoms with Gasteiger partial charge in [-0.1, -0.05) is 0 Å². The van der Waals surface area contributed by atoms with Gasteiger partial charge in [0.25, 0.3) is 0 Å². The highest BCUT2D eigenvalue weighted by Gasteiger charge is 2.30. The molecule has 22 heavy (non-hydrogen) atoms. The minimum atomic E-state index is -0.453.